The van der Waals surface area contributed by atoms with Gasteiger partial charge in [-0.05, 0) is 121 Å². The van der Waals surface area contributed by atoms with Gasteiger partial charge >= 0.3 is 0 Å². The highest BCUT2D eigenvalue weighted by atomic mass is 16.2. The number of amides is 2. The van der Waals surface area contributed by atoms with Crippen LogP contribution in [0.5, 0.6) is 0 Å². The van der Waals surface area contributed by atoms with Crippen molar-refractivity contribution in [2.45, 2.75) is 49.4 Å². The van der Waals surface area contributed by atoms with Gasteiger partial charge in [-0.25, -0.2) is 0 Å². The second-order valence-corrected chi connectivity index (χ2v) is 12.3. The molecule has 0 saturated heterocycles. The molecule has 4 aliphatic carbocycles. The normalized spacial score (nSPS) is 26.3. The van der Waals surface area contributed by atoms with E-state index in [0.29, 0.717) is 11.1 Å². The van der Waals surface area contributed by atoms with Gasteiger partial charge < -0.3 is 10.6 Å². The Hall–Kier alpha value is -4.18. The Morgan fingerprint density at radius 1 is 0.525 bits per heavy atom. The summed E-state index contributed by atoms with van der Waals surface area (Å²) in [6, 6.07) is 36.0. The number of hydrogen-bond donors (Lipinski definition) is 2. The van der Waals surface area contributed by atoms with Crippen molar-refractivity contribution in [3.63, 3.8) is 0 Å². The summed E-state index contributed by atoms with van der Waals surface area (Å²) in [6.07, 6.45) is 7.54. The van der Waals surface area contributed by atoms with Gasteiger partial charge in [0, 0.05) is 22.5 Å². The third-order valence-electron chi connectivity index (χ3n) is 9.64. The molecule has 0 aromatic heterocycles. The van der Waals surface area contributed by atoms with Gasteiger partial charge in [-0.3, -0.25) is 9.59 Å². The van der Waals surface area contributed by atoms with Gasteiger partial charge in [0.1, 0.15) is 0 Å². The summed E-state index contributed by atoms with van der Waals surface area (Å²) in [5.74, 6) is 1.34. The van der Waals surface area contributed by atoms with Gasteiger partial charge in [-0.15, -0.1) is 0 Å². The monoisotopic (exact) mass is 526 g/mol. The van der Waals surface area contributed by atoms with Crippen molar-refractivity contribution < 1.29 is 9.59 Å². The average molecular weight is 527 g/mol. The standard InChI is InChI=1S/C36H34N2O2/c39-33(27-7-3-1-4-8-27)37-31-15-11-29(12-16-31)35-20-25-19-26(21-35)23-36(22-25,24-35)30-13-17-32(18-14-30)38-34(40)28-9-5-2-6-10-28/h1-18,25-26H,19-24H2,(H,37,39)(H,38,40). The number of rotatable bonds is 6. The van der Waals surface area contributed by atoms with E-state index in [0.717, 1.165) is 23.2 Å². The summed E-state index contributed by atoms with van der Waals surface area (Å²) < 4.78 is 0. The highest BCUT2D eigenvalue weighted by Gasteiger charge is 2.58. The molecule has 0 radical (unpaired) electrons. The molecular formula is C36H34N2O2. The highest BCUT2D eigenvalue weighted by molar-refractivity contribution is 6.04. The first-order valence-corrected chi connectivity index (χ1v) is 14.4. The second-order valence-electron chi connectivity index (χ2n) is 12.3. The molecule has 200 valence electrons. The van der Waals surface area contributed by atoms with Crippen molar-refractivity contribution in [2.75, 3.05) is 10.6 Å². The molecule has 4 aromatic rings. The van der Waals surface area contributed by atoms with Crippen molar-refractivity contribution in [3.05, 3.63) is 131 Å². The first-order valence-electron chi connectivity index (χ1n) is 14.4. The van der Waals surface area contributed by atoms with Gasteiger partial charge in [0.05, 0.1) is 0 Å². The van der Waals surface area contributed by atoms with Crippen LogP contribution in [0.15, 0.2) is 109 Å². The molecule has 0 unspecified atom stereocenters. The van der Waals surface area contributed by atoms with Crippen LogP contribution in [0.25, 0.3) is 0 Å². The van der Waals surface area contributed by atoms with Crippen LogP contribution in [0.1, 0.15) is 70.4 Å². The summed E-state index contributed by atoms with van der Waals surface area (Å²) in [7, 11) is 0. The molecular weight excluding hydrogens is 492 g/mol. The van der Waals surface area contributed by atoms with Gasteiger partial charge in [-0.2, -0.15) is 0 Å². The smallest absolute Gasteiger partial charge is 0.255 e. The summed E-state index contributed by atoms with van der Waals surface area (Å²) in [6.45, 7) is 0. The third-order valence-corrected chi connectivity index (χ3v) is 9.64. The van der Waals surface area contributed by atoms with Crippen LogP contribution in [0.4, 0.5) is 11.4 Å². The minimum absolute atomic E-state index is 0.0782. The lowest BCUT2D eigenvalue weighted by atomic mass is 9.42. The number of hydrogen-bond acceptors (Lipinski definition) is 2. The van der Waals surface area contributed by atoms with Crippen molar-refractivity contribution >= 4 is 23.2 Å². The molecule has 4 bridgehead atoms. The Balaban J connectivity index is 1.10. The Morgan fingerprint density at radius 3 is 1.27 bits per heavy atom. The van der Waals surface area contributed by atoms with Crippen molar-refractivity contribution in [3.8, 4) is 0 Å². The fourth-order valence-electron chi connectivity index (χ4n) is 8.34. The van der Waals surface area contributed by atoms with Gasteiger partial charge in [0.2, 0.25) is 0 Å². The number of nitrogens with one attached hydrogen (secondary N) is 2. The molecule has 2 amide bonds. The van der Waals surface area contributed by atoms with Crippen LogP contribution in [0, 0.1) is 11.8 Å². The van der Waals surface area contributed by atoms with Crippen molar-refractivity contribution in [1.82, 2.24) is 0 Å². The lowest BCUT2D eigenvalue weighted by Crippen LogP contribution is -2.55. The van der Waals surface area contributed by atoms with Crippen LogP contribution in [-0.4, -0.2) is 11.8 Å². The van der Waals surface area contributed by atoms with Crippen molar-refractivity contribution in [2.24, 2.45) is 11.8 Å². The maximum absolute atomic E-state index is 12.6. The maximum atomic E-state index is 12.6. The molecule has 4 nitrogen and oxygen atoms in total. The van der Waals surface area contributed by atoms with E-state index in [4.69, 9.17) is 0 Å². The lowest BCUT2D eigenvalue weighted by Gasteiger charge is -2.63. The first-order chi connectivity index (χ1) is 19.5. The Bertz CT molecular complexity index is 1400. The second kappa shape index (κ2) is 9.78. The number of carbonyl (C=O) groups is 2. The van der Waals surface area contributed by atoms with Gasteiger partial charge in [0.25, 0.3) is 11.8 Å². The van der Waals surface area contributed by atoms with E-state index >= 15 is 0 Å². The number of benzene rings is 4. The van der Waals surface area contributed by atoms with Gasteiger partial charge in [-0.1, -0.05) is 60.7 Å². The minimum Gasteiger partial charge on any atom is -0.322 e. The van der Waals surface area contributed by atoms with Crippen LogP contribution in [0.3, 0.4) is 0 Å². The molecule has 4 aromatic carbocycles. The zero-order valence-corrected chi connectivity index (χ0v) is 22.6. The zero-order chi connectivity index (χ0) is 27.2. The molecule has 0 spiro atoms. The predicted molar refractivity (Wildman–Crippen MR) is 160 cm³/mol. The fourth-order valence-corrected chi connectivity index (χ4v) is 8.34. The molecule has 40 heavy (non-hydrogen) atoms. The minimum atomic E-state index is -0.0782. The van der Waals surface area contributed by atoms with E-state index < -0.39 is 0 Å². The SMILES string of the molecule is O=C(Nc1ccc(C23CC4CC(C2)CC(c2ccc(NC(=O)c5ccccc5)cc2)(C4)C3)cc1)c1ccccc1. The largest absolute Gasteiger partial charge is 0.322 e. The first kappa shape index (κ1) is 24.8. The molecule has 2 N–H and O–H groups in total. The molecule has 4 heteroatoms. The molecule has 0 aliphatic heterocycles. The zero-order valence-electron chi connectivity index (χ0n) is 22.6. The molecule has 8 rings (SSSR count). The lowest BCUT2D eigenvalue weighted by molar-refractivity contribution is -0.0281. The van der Waals surface area contributed by atoms with E-state index in [1.807, 2.05) is 60.7 Å². The number of anilines is 2. The average Bonchev–Trinajstić information content (AvgIpc) is 2.98. The third kappa shape index (κ3) is 4.52. The Labute approximate surface area is 235 Å². The highest BCUT2D eigenvalue weighted by Crippen LogP contribution is 2.66. The van der Waals surface area contributed by atoms with E-state index in [1.165, 1.54) is 49.7 Å². The van der Waals surface area contributed by atoms with E-state index in [9.17, 15) is 9.59 Å². The molecule has 4 saturated carbocycles. The van der Waals surface area contributed by atoms with Crippen LogP contribution in [0.2, 0.25) is 0 Å². The predicted octanol–water partition coefficient (Wildman–Crippen LogP) is 7.98. The topological polar surface area (TPSA) is 58.2 Å². The summed E-state index contributed by atoms with van der Waals surface area (Å²) in [5, 5.41) is 6.11. The van der Waals surface area contributed by atoms with Gasteiger partial charge in [0.15, 0.2) is 0 Å². The van der Waals surface area contributed by atoms with Crippen LogP contribution in [-0.2, 0) is 10.8 Å². The summed E-state index contributed by atoms with van der Waals surface area (Å²) >= 11 is 0. The summed E-state index contributed by atoms with van der Waals surface area (Å²) in [4.78, 5) is 25.3. The summed E-state index contributed by atoms with van der Waals surface area (Å²) in [5.41, 5.74) is 6.21. The molecule has 4 aliphatic rings. The number of carbonyl (C=O) groups excluding carboxylic acids is 2. The van der Waals surface area contributed by atoms with E-state index in [-0.39, 0.29) is 22.6 Å². The Kier molecular flexibility index (Phi) is 6.07. The van der Waals surface area contributed by atoms with E-state index in [2.05, 4.69) is 59.2 Å². The van der Waals surface area contributed by atoms with Crippen molar-refractivity contribution in [1.29, 1.82) is 0 Å². The Morgan fingerprint density at radius 2 is 0.900 bits per heavy atom. The fraction of sp³-hybridized carbons (Fsp3) is 0.278. The van der Waals surface area contributed by atoms with Crippen LogP contribution < -0.4 is 10.6 Å². The molecule has 0 atom stereocenters. The van der Waals surface area contributed by atoms with Crippen LogP contribution >= 0.6 is 0 Å². The molecule has 4 fully saturated rings. The van der Waals surface area contributed by atoms with E-state index in [1.54, 1.807) is 0 Å². The maximum Gasteiger partial charge on any atom is 0.255 e. The quantitative estimate of drug-likeness (QED) is 0.268. The molecule has 0 heterocycles.